The van der Waals surface area contributed by atoms with Crippen molar-refractivity contribution in [3.8, 4) is 0 Å². The monoisotopic (exact) mass is 412 g/mol. The van der Waals surface area contributed by atoms with E-state index in [4.69, 9.17) is 5.73 Å². The Bertz CT molecular complexity index is 1020. The molecule has 4 N–H and O–H groups in total. The van der Waals surface area contributed by atoms with E-state index < -0.39 is 0 Å². The number of H-pyrrole nitrogens is 1. The van der Waals surface area contributed by atoms with Crippen molar-refractivity contribution < 1.29 is 4.79 Å². The number of carbonyl (C=O) groups is 1. The first-order chi connectivity index (χ1) is 12.5. The van der Waals surface area contributed by atoms with Crippen LogP contribution in [0, 0.1) is 0 Å². The highest BCUT2D eigenvalue weighted by Crippen LogP contribution is 2.30. The topological polar surface area (TPSA) is 110 Å². The number of allylic oxidation sites excluding steroid dienone is 3. The molecule has 3 aromatic heterocycles. The largest absolute Gasteiger partial charge is 0.383 e. The summed E-state index contributed by atoms with van der Waals surface area (Å²) in [5, 5.41) is 10.7. The highest BCUT2D eigenvalue weighted by molar-refractivity contribution is 9.10. The number of anilines is 2. The number of rotatable bonds is 4. The number of amides is 1. The summed E-state index contributed by atoms with van der Waals surface area (Å²) < 4.78 is 0.762. The number of hydrogen-bond donors (Lipinski definition) is 3. The third-order valence-corrected chi connectivity index (χ3v) is 4.39. The van der Waals surface area contributed by atoms with Crippen LogP contribution in [0.2, 0.25) is 0 Å². The zero-order valence-corrected chi connectivity index (χ0v) is 15.8. The molecule has 0 aliphatic carbocycles. The number of aromatic nitrogens is 4. The van der Waals surface area contributed by atoms with Crippen molar-refractivity contribution >= 4 is 49.9 Å². The molecule has 0 atom stereocenters. The SMILES string of the molecule is C/C(=C\C=C(/C)c1[nH]nc2c(Br)cnc(N)c12)C(=O)Nc1ccccn1. The van der Waals surface area contributed by atoms with Gasteiger partial charge in [0.25, 0.3) is 5.91 Å². The van der Waals surface area contributed by atoms with Gasteiger partial charge in [-0.25, -0.2) is 9.97 Å². The number of hydrogen-bond acceptors (Lipinski definition) is 5. The van der Waals surface area contributed by atoms with Crippen LogP contribution in [0.15, 0.2) is 52.8 Å². The van der Waals surface area contributed by atoms with Crippen LogP contribution in [0.3, 0.4) is 0 Å². The van der Waals surface area contributed by atoms with Crippen molar-refractivity contribution in [3.63, 3.8) is 0 Å². The first-order valence-electron chi connectivity index (χ1n) is 7.83. The van der Waals surface area contributed by atoms with E-state index in [-0.39, 0.29) is 5.91 Å². The Hall–Kier alpha value is -3.00. The standard InChI is InChI=1S/C18H17BrN6O/c1-10(15-14-16(25-24-15)12(19)9-22-17(14)20)6-7-11(2)18(26)23-13-5-3-4-8-21-13/h3-9H,1-2H3,(H2,20,22)(H,24,25)(H,21,23,26)/b10-6+,11-7+. The predicted octanol–water partition coefficient (Wildman–Crippen LogP) is 3.69. The average Bonchev–Trinajstić information content (AvgIpc) is 3.10. The van der Waals surface area contributed by atoms with E-state index in [0.717, 1.165) is 21.1 Å². The maximum Gasteiger partial charge on any atom is 0.252 e. The van der Waals surface area contributed by atoms with E-state index >= 15 is 0 Å². The highest BCUT2D eigenvalue weighted by Gasteiger charge is 2.13. The molecule has 1 amide bonds. The van der Waals surface area contributed by atoms with E-state index in [1.54, 1.807) is 37.5 Å². The molecule has 0 saturated heterocycles. The van der Waals surface area contributed by atoms with Crippen molar-refractivity contribution in [2.75, 3.05) is 11.1 Å². The Kier molecular flexibility index (Phi) is 5.13. The number of nitrogens with two attached hydrogens (primary N) is 1. The van der Waals surface area contributed by atoms with Gasteiger partial charge in [0.05, 0.1) is 15.6 Å². The van der Waals surface area contributed by atoms with Crippen molar-refractivity contribution in [2.24, 2.45) is 0 Å². The molecule has 0 aliphatic rings. The van der Waals surface area contributed by atoms with Crippen molar-refractivity contribution in [2.45, 2.75) is 13.8 Å². The minimum Gasteiger partial charge on any atom is -0.383 e. The van der Waals surface area contributed by atoms with Crippen LogP contribution >= 0.6 is 15.9 Å². The second-order valence-electron chi connectivity index (χ2n) is 5.68. The zero-order valence-electron chi connectivity index (χ0n) is 14.2. The van der Waals surface area contributed by atoms with Gasteiger partial charge >= 0.3 is 0 Å². The number of aromatic amines is 1. The quantitative estimate of drug-likeness (QED) is 0.447. The molecule has 0 bridgehead atoms. The molecule has 132 valence electrons. The van der Waals surface area contributed by atoms with Gasteiger partial charge in [0.2, 0.25) is 0 Å². The van der Waals surface area contributed by atoms with Gasteiger partial charge in [-0.3, -0.25) is 9.89 Å². The summed E-state index contributed by atoms with van der Waals surface area (Å²) in [5.74, 6) is 0.689. The van der Waals surface area contributed by atoms with Crippen molar-refractivity contribution in [3.05, 3.63) is 58.5 Å². The van der Waals surface area contributed by atoms with Gasteiger partial charge in [-0.2, -0.15) is 5.10 Å². The van der Waals surface area contributed by atoms with Crippen molar-refractivity contribution in [1.29, 1.82) is 0 Å². The van der Waals surface area contributed by atoms with Gasteiger partial charge in [-0.05, 0) is 47.5 Å². The van der Waals surface area contributed by atoms with E-state index in [2.05, 4.69) is 41.4 Å². The molecule has 3 heterocycles. The Balaban J connectivity index is 1.85. The van der Waals surface area contributed by atoms with Crippen LogP contribution < -0.4 is 11.1 Å². The molecular weight excluding hydrogens is 396 g/mol. The summed E-state index contributed by atoms with van der Waals surface area (Å²) >= 11 is 3.42. The summed E-state index contributed by atoms with van der Waals surface area (Å²) in [5.41, 5.74) is 8.90. The van der Waals surface area contributed by atoms with Crippen LogP contribution in [-0.2, 0) is 4.79 Å². The zero-order chi connectivity index (χ0) is 18.7. The lowest BCUT2D eigenvalue weighted by Gasteiger charge is -2.04. The van der Waals surface area contributed by atoms with Gasteiger partial charge in [0.15, 0.2) is 0 Å². The van der Waals surface area contributed by atoms with E-state index in [9.17, 15) is 4.79 Å². The Labute approximate surface area is 158 Å². The number of nitrogens with zero attached hydrogens (tertiary/aromatic N) is 3. The number of nitrogens with one attached hydrogen (secondary N) is 2. The minimum atomic E-state index is -0.217. The number of pyridine rings is 2. The fraction of sp³-hybridized carbons (Fsp3) is 0.111. The molecular formula is C18H17BrN6O. The Morgan fingerprint density at radius 2 is 2.08 bits per heavy atom. The fourth-order valence-corrected chi connectivity index (χ4v) is 2.75. The van der Waals surface area contributed by atoms with Crippen LogP contribution in [0.1, 0.15) is 19.5 Å². The van der Waals surface area contributed by atoms with Crippen LogP contribution in [-0.4, -0.2) is 26.1 Å². The molecule has 3 rings (SSSR count). The van der Waals surface area contributed by atoms with Gasteiger partial charge in [0.1, 0.15) is 17.2 Å². The number of fused-ring (bicyclic) bond motifs is 1. The second-order valence-corrected chi connectivity index (χ2v) is 6.54. The summed E-state index contributed by atoms with van der Waals surface area (Å²) in [7, 11) is 0. The molecule has 0 spiro atoms. The maximum absolute atomic E-state index is 12.2. The van der Waals surface area contributed by atoms with Crippen molar-refractivity contribution in [1.82, 2.24) is 20.2 Å². The third kappa shape index (κ3) is 3.65. The lowest BCUT2D eigenvalue weighted by molar-refractivity contribution is -0.112. The van der Waals surface area contributed by atoms with E-state index in [0.29, 0.717) is 22.7 Å². The maximum atomic E-state index is 12.2. The Morgan fingerprint density at radius 3 is 2.81 bits per heavy atom. The first kappa shape index (κ1) is 17.8. The molecule has 0 saturated carbocycles. The summed E-state index contributed by atoms with van der Waals surface area (Å²) in [6.07, 6.45) is 6.81. The summed E-state index contributed by atoms with van der Waals surface area (Å²) in [6, 6.07) is 5.33. The third-order valence-electron chi connectivity index (χ3n) is 3.81. The predicted molar refractivity (Wildman–Crippen MR) is 106 cm³/mol. The highest BCUT2D eigenvalue weighted by atomic mass is 79.9. The molecule has 0 radical (unpaired) electrons. The number of nitrogen functional groups attached to an aromatic ring is 1. The molecule has 8 heteroatoms. The smallest absolute Gasteiger partial charge is 0.252 e. The van der Waals surface area contributed by atoms with Gasteiger partial charge < -0.3 is 11.1 Å². The molecule has 0 aromatic carbocycles. The van der Waals surface area contributed by atoms with Crippen LogP contribution in [0.5, 0.6) is 0 Å². The lowest BCUT2D eigenvalue weighted by Crippen LogP contribution is -2.13. The molecule has 0 fully saturated rings. The summed E-state index contributed by atoms with van der Waals surface area (Å²) in [6.45, 7) is 3.65. The summed E-state index contributed by atoms with van der Waals surface area (Å²) in [4.78, 5) is 20.4. The second kappa shape index (κ2) is 7.49. The van der Waals surface area contributed by atoms with Crippen LogP contribution in [0.25, 0.3) is 16.5 Å². The number of halogens is 1. The average molecular weight is 413 g/mol. The Morgan fingerprint density at radius 1 is 1.27 bits per heavy atom. The molecule has 0 unspecified atom stereocenters. The van der Waals surface area contributed by atoms with E-state index in [1.807, 2.05) is 19.1 Å². The lowest BCUT2D eigenvalue weighted by atomic mass is 10.1. The molecule has 3 aromatic rings. The van der Waals surface area contributed by atoms with Crippen LogP contribution in [0.4, 0.5) is 11.6 Å². The molecule has 0 aliphatic heterocycles. The molecule has 26 heavy (non-hydrogen) atoms. The first-order valence-corrected chi connectivity index (χ1v) is 8.62. The van der Waals surface area contributed by atoms with Gasteiger partial charge in [0, 0.05) is 18.0 Å². The number of carbonyl (C=O) groups excluding carboxylic acids is 1. The van der Waals surface area contributed by atoms with Gasteiger partial charge in [-0.1, -0.05) is 18.2 Å². The minimum absolute atomic E-state index is 0.217. The molecule has 7 nitrogen and oxygen atoms in total. The normalized spacial score (nSPS) is 12.4. The fourth-order valence-electron chi connectivity index (χ4n) is 2.36. The van der Waals surface area contributed by atoms with E-state index in [1.165, 1.54) is 0 Å². The van der Waals surface area contributed by atoms with Gasteiger partial charge in [-0.15, -0.1) is 0 Å².